The minimum absolute atomic E-state index is 0.0730. The van der Waals surface area contributed by atoms with Gasteiger partial charge in [0.25, 0.3) is 5.91 Å². The van der Waals surface area contributed by atoms with Crippen LogP contribution < -0.4 is 4.74 Å². The minimum atomic E-state index is -1.08. The number of amides is 3. The lowest BCUT2D eigenvalue weighted by molar-refractivity contribution is -0.142. The number of hydrogen-bond donors (Lipinski definition) is 1. The van der Waals surface area contributed by atoms with Gasteiger partial charge in [-0.3, -0.25) is 9.59 Å². The van der Waals surface area contributed by atoms with Gasteiger partial charge < -0.3 is 38.6 Å². The van der Waals surface area contributed by atoms with Crippen LogP contribution in [-0.2, 0) is 20.8 Å². The van der Waals surface area contributed by atoms with Gasteiger partial charge >= 0.3 is 6.09 Å². The van der Waals surface area contributed by atoms with Gasteiger partial charge in [0.2, 0.25) is 5.91 Å². The van der Waals surface area contributed by atoms with Crippen LogP contribution in [0.25, 0.3) is 11.3 Å². The van der Waals surface area contributed by atoms with E-state index in [1.54, 1.807) is 24.0 Å². The van der Waals surface area contributed by atoms with Gasteiger partial charge in [-0.05, 0) is 49.4 Å². The summed E-state index contributed by atoms with van der Waals surface area (Å²) in [6, 6.07) is 11.1. The van der Waals surface area contributed by atoms with Crippen LogP contribution in [0, 0.1) is 11.8 Å². The van der Waals surface area contributed by atoms with E-state index >= 15 is 0 Å². The highest BCUT2D eigenvalue weighted by Gasteiger charge is 2.40. The van der Waals surface area contributed by atoms with E-state index < -0.39 is 18.1 Å². The summed E-state index contributed by atoms with van der Waals surface area (Å²) in [5.74, 6) is 0.0786. The Hall–Kier alpha value is -3.57. The Balaban J connectivity index is 1.69. The molecule has 11 nitrogen and oxygen atoms in total. The molecule has 0 saturated carbocycles. The van der Waals surface area contributed by atoms with Crippen LogP contribution in [0.15, 0.2) is 36.4 Å². The average Bonchev–Trinajstić information content (AvgIpc) is 3.44. The number of benzene rings is 1. The molecule has 1 aromatic carbocycles. The summed E-state index contributed by atoms with van der Waals surface area (Å²) in [5.41, 5.74) is 2.29. The third-order valence-corrected chi connectivity index (χ3v) is 8.20. The molecule has 0 aliphatic carbocycles. The van der Waals surface area contributed by atoms with Crippen molar-refractivity contribution < 1.29 is 33.7 Å². The molecule has 0 bridgehead atoms. The number of unbranched alkanes of at least 4 members (excludes halogenated alkanes) is 1. The van der Waals surface area contributed by atoms with Gasteiger partial charge in [0.05, 0.1) is 38.0 Å². The number of nitrogens with zero attached hydrogens (tertiary/aromatic N) is 4. The van der Waals surface area contributed by atoms with E-state index in [0.29, 0.717) is 63.9 Å². The molecule has 43 heavy (non-hydrogen) atoms. The molecule has 2 saturated heterocycles. The van der Waals surface area contributed by atoms with E-state index in [1.807, 2.05) is 54.8 Å². The van der Waals surface area contributed by atoms with Gasteiger partial charge in [-0.25, -0.2) is 4.79 Å². The number of morpholine rings is 1. The Bertz CT molecular complexity index is 1240. The Morgan fingerprint density at radius 1 is 1.02 bits per heavy atom. The summed E-state index contributed by atoms with van der Waals surface area (Å²) in [4.78, 5) is 45.1. The van der Waals surface area contributed by atoms with E-state index in [9.17, 15) is 19.5 Å². The minimum Gasteiger partial charge on any atom is -0.496 e. The summed E-state index contributed by atoms with van der Waals surface area (Å²) in [7, 11) is 3.31. The summed E-state index contributed by atoms with van der Waals surface area (Å²) in [6.07, 6.45) is 0.972. The standard InChI is InChI=1S/C32H46N4O7/c1-23(2)20-36(25-19-24(21-34(22-25)32(39)40)30(37)33-14-17-43-18-15-33)31(38)28-12-11-27(35(28)13-7-8-16-41-3)26-9-5-6-10-29(26)42-4/h5-6,9-12,23-25H,7-8,13-22H2,1-4H3,(H,39,40)/t24-,25+/m1/s1. The molecule has 3 amide bonds. The van der Waals surface area contributed by atoms with Crippen molar-refractivity contribution in [3.8, 4) is 17.0 Å². The predicted molar refractivity (Wildman–Crippen MR) is 162 cm³/mol. The first kappa shape index (κ1) is 32.3. The smallest absolute Gasteiger partial charge is 0.407 e. The van der Waals surface area contributed by atoms with E-state index in [2.05, 4.69) is 0 Å². The maximum atomic E-state index is 14.5. The zero-order valence-corrected chi connectivity index (χ0v) is 25.9. The zero-order chi connectivity index (χ0) is 30.9. The Kier molecular flexibility index (Phi) is 11.5. The lowest BCUT2D eigenvalue weighted by atomic mass is 9.91. The zero-order valence-electron chi connectivity index (χ0n) is 25.9. The number of ether oxygens (including phenoxy) is 3. The highest BCUT2D eigenvalue weighted by Crippen LogP contribution is 2.33. The average molecular weight is 599 g/mol. The molecule has 1 N–H and O–H groups in total. The fraction of sp³-hybridized carbons (Fsp3) is 0.594. The number of para-hydroxylation sites is 1. The highest BCUT2D eigenvalue weighted by atomic mass is 16.5. The quantitative estimate of drug-likeness (QED) is 0.369. The molecule has 3 heterocycles. The Labute approximate surface area is 254 Å². The topological polar surface area (TPSA) is 114 Å². The number of likely N-dealkylation sites (tertiary alicyclic amines) is 1. The lowest BCUT2D eigenvalue weighted by Crippen LogP contribution is -2.58. The number of carboxylic acid groups (broad SMARTS) is 1. The normalized spacial score (nSPS) is 19.0. The first-order chi connectivity index (χ1) is 20.7. The molecule has 2 aromatic rings. The number of carbonyl (C=O) groups excluding carboxylic acids is 2. The van der Waals surface area contributed by atoms with Crippen molar-refractivity contribution in [1.29, 1.82) is 0 Å². The lowest BCUT2D eigenvalue weighted by Gasteiger charge is -2.43. The number of carbonyl (C=O) groups is 3. The molecule has 0 radical (unpaired) electrons. The summed E-state index contributed by atoms with van der Waals surface area (Å²) >= 11 is 0. The van der Waals surface area contributed by atoms with Crippen LogP contribution in [0.5, 0.6) is 5.75 Å². The molecule has 11 heteroatoms. The molecule has 2 atom stereocenters. The molecule has 0 unspecified atom stereocenters. The second-order valence-corrected chi connectivity index (χ2v) is 11.7. The van der Waals surface area contributed by atoms with Gasteiger partial charge in [-0.1, -0.05) is 26.0 Å². The highest BCUT2D eigenvalue weighted by molar-refractivity contribution is 5.94. The number of methoxy groups -OCH3 is 2. The number of hydrogen-bond acceptors (Lipinski definition) is 6. The number of aromatic nitrogens is 1. The molecular formula is C32H46N4O7. The molecule has 4 rings (SSSR count). The van der Waals surface area contributed by atoms with Gasteiger partial charge in [0.15, 0.2) is 0 Å². The van der Waals surface area contributed by atoms with Gasteiger partial charge in [-0.2, -0.15) is 0 Å². The van der Waals surface area contributed by atoms with E-state index in [-0.39, 0.29) is 30.8 Å². The molecule has 2 fully saturated rings. The van der Waals surface area contributed by atoms with E-state index in [0.717, 1.165) is 24.1 Å². The van der Waals surface area contributed by atoms with Crippen molar-refractivity contribution in [1.82, 2.24) is 19.3 Å². The Morgan fingerprint density at radius 3 is 2.44 bits per heavy atom. The van der Waals surface area contributed by atoms with Crippen molar-refractivity contribution in [3.05, 3.63) is 42.1 Å². The van der Waals surface area contributed by atoms with Crippen molar-refractivity contribution >= 4 is 17.9 Å². The Morgan fingerprint density at radius 2 is 1.77 bits per heavy atom. The largest absolute Gasteiger partial charge is 0.496 e. The van der Waals surface area contributed by atoms with Crippen LogP contribution in [0.4, 0.5) is 4.79 Å². The maximum absolute atomic E-state index is 14.5. The second kappa shape index (κ2) is 15.2. The van der Waals surface area contributed by atoms with Crippen molar-refractivity contribution in [2.75, 3.05) is 66.8 Å². The molecule has 2 aliphatic heterocycles. The number of piperidine rings is 1. The van der Waals surface area contributed by atoms with Crippen LogP contribution in [-0.4, -0.2) is 115 Å². The van der Waals surface area contributed by atoms with Gasteiger partial charge in [0.1, 0.15) is 11.4 Å². The second-order valence-electron chi connectivity index (χ2n) is 11.7. The predicted octanol–water partition coefficient (Wildman–Crippen LogP) is 3.92. The van der Waals surface area contributed by atoms with Crippen LogP contribution in [0.1, 0.15) is 43.6 Å². The fourth-order valence-electron chi connectivity index (χ4n) is 6.12. The first-order valence-electron chi connectivity index (χ1n) is 15.2. The third kappa shape index (κ3) is 7.88. The molecule has 0 spiro atoms. The van der Waals surface area contributed by atoms with Crippen molar-refractivity contribution in [2.24, 2.45) is 11.8 Å². The van der Waals surface area contributed by atoms with Crippen molar-refractivity contribution in [2.45, 2.75) is 45.7 Å². The molecule has 1 aromatic heterocycles. The molecule has 236 valence electrons. The summed E-state index contributed by atoms with van der Waals surface area (Å²) in [6.45, 7) is 7.95. The fourth-order valence-corrected chi connectivity index (χ4v) is 6.12. The van der Waals surface area contributed by atoms with E-state index in [4.69, 9.17) is 14.2 Å². The first-order valence-corrected chi connectivity index (χ1v) is 15.2. The van der Waals surface area contributed by atoms with Gasteiger partial charge in [0, 0.05) is 58.5 Å². The molecular weight excluding hydrogens is 552 g/mol. The van der Waals surface area contributed by atoms with Crippen molar-refractivity contribution in [3.63, 3.8) is 0 Å². The van der Waals surface area contributed by atoms with E-state index in [1.165, 1.54) is 4.90 Å². The van der Waals surface area contributed by atoms with Gasteiger partial charge in [-0.15, -0.1) is 0 Å². The summed E-state index contributed by atoms with van der Waals surface area (Å²) in [5, 5.41) is 10.0. The monoisotopic (exact) mass is 598 g/mol. The third-order valence-electron chi connectivity index (χ3n) is 8.20. The maximum Gasteiger partial charge on any atom is 0.407 e. The van der Waals surface area contributed by atoms with Crippen LogP contribution >= 0.6 is 0 Å². The number of rotatable bonds is 12. The van der Waals surface area contributed by atoms with Crippen LogP contribution in [0.3, 0.4) is 0 Å². The van der Waals surface area contributed by atoms with Crippen LogP contribution in [0.2, 0.25) is 0 Å². The summed E-state index contributed by atoms with van der Waals surface area (Å²) < 4.78 is 18.4. The molecule has 2 aliphatic rings. The SMILES string of the molecule is COCCCCn1c(C(=O)N(CC(C)C)[C@H]2C[C@@H](C(=O)N3CCOCC3)CN(C(=O)O)C2)ccc1-c1ccccc1OC.